The van der Waals surface area contributed by atoms with Crippen LogP contribution >= 0.6 is 31.9 Å². The van der Waals surface area contributed by atoms with Crippen molar-refractivity contribution in [2.45, 2.75) is 17.1 Å². The van der Waals surface area contributed by atoms with E-state index in [2.05, 4.69) is 31.9 Å². The average Bonchev–Trinajstić information content (AvgIpc) is 2.17. The number of benzene rings is 1. The molecule has 0 amide bonds. The second-order valence-corrected chi connectivity index (χ2v) is 4.48. The van der Waals surface area contributed by atoms with E-state index in [1.54, 1.807) is 6.07 Å². The number of phenols is 1. The van der Waals surface area contributed by atoms with E-state index in [4.69, 9.17) is 0 Å². The van der Waals surface area contributed by atoms with Crippen LogP contribution < -0.4 is 0 Å². The molecule has 0 heterocycles. The maximum atomic E-state index is 11.1. The highest BCUT2D eigenvalue weighted by Crippen LogP contribution is 2.32. The lowest BCUT2D eigenvalue weighted by molar-refractivity contribution is -0.116. The topological polar surface area (TPSA) is 37.3 Å². The van der Waals surface area contributed by atoms with E-state index >= 15 is 0 Å². The van der Waals surface area contributed by atoms with Gasteiger partial charge in [0.2, 0.25) is 0 Å². The lowest BCUT2D eigenvalue weighted by Gasteiger charge is -2.09. The number of hydrogen-bond acceptors (Lipinski definition) is 2. The predicted octanol–water partition coefficient (Wildman–Crippen LogP) is 3.31. The Morgan fingerprint density at radius 1 is 1.57 bits per heavy atom. The summed E-state index contributed by atoms with van der Waals surface area (Å²) in [4.78, 5) is 10.7. The smallest absolute Gasteiger partial charge is 0.147 e. The van der Waals surface area contributed by atoms with Crippen molar-refractivity contribution < 1.29 is 9.90 Å². The fourth-order valence-electron chi connectivity index (χ4n) is 1.11. The van der Waals surface area contributed by atoms with Crippen LogP contribution in [-0.4, -0.2) is 10.9 Å². The third kappa shape index (κ3) is 2.58. The molecule has 0 radical (unpaired) electrons. The molecule has 1 unspecified atom stereocenters. The van der Waals surface area contributed by atoms with E-state index in [0.29, 0.717) is 10.9 Å². The number of alkyl halides is 2. The molecular weight excluding hydrogens is 312 g/mol. The van der Waals surface area contributed by atoms with Crippen LogP contribution in [0.1, 0.15) is 22.9 Å². The average molecular weight is 322 g/mol. The van der Waals surface area contributed by atoms with Crippen LogP contribution in [-0.2, 0) is 10.1 Å². The molecule has 1 atom stereocenters. The molecule has 1 rings (SSSR count). The maximum Gasteiger partial charge on any atom is 0.147 e. The van der Waals surface area contributed by atoms with Crippen molar-refractivity contribution in [3.63, 3.8) is 0 Å². The zero-order chi connectivity index (χ0) is 10.7. The van der Waals surface area contributed by atoms with E-state index in [1.165, 1.54) is 6.92 Å². The van der Waals surface area contributed by atoms with Gasteiger partial charge in [-0.15, -0.1) is 0 Å². The minimum Gasteiger partial charge on any atom is -0.508 e. The Morgan fingerprint density at radius 2 is 2.21 bits per heavy atom. The number of ketones is 1. The monoisotopic (exact) mass is 320 g/mol. The van der Waals surface area contributed by atoms with E-state index in [9.17, 15) is 9.90 Å². The highest BCUT2D eigenvalue weighted by atomic mass is 79.9. The summed E-state index contributed by atoms with van der Waals surface area (Å²) in [7, 11) is 0. The van der Waals surface area contributed by atoms with Crippen molar-refractivity contribution in [1.29, 1.82) is 0 Å². The van der Waals surface area contributed by atoms with Gasteiger partial charge in [0, 0.05) is 10.9 Å². The van der Waals surface area contributed by atoms with Crippen molar-refractivity contribution >= 4 is 37.6 Å². The van der Waals surface area contributed by atoms with E-state index < -0.39 is 4.83 Å². The molecule has 14 heavy (non-hydrogen) atoms. The maximum absolute atomic E-state index is 11.1. The highest BCUT2D eigenvalue weighted by Gasteiger charge is 2.16. The number of Topliss-reactive ketones (excluding diaryl/α,β-unsaturated/α-hetero) is 1. The van der Waals surface area contributed by atoms with Crippen LogP contribution in [0.3, 0.4) is 0 Å². The number of hydrogen-bond donors (Lipinski definition) is 1. The number of halogens is 2. The molecule has 0 aliphatic heterocycles. The van der Waals surface area contributed by atoms with Gasteiger partial charge in [-0.05, 0) is 24.6 Å². The van der Waals surface area contributed by atoms with Gasteiger partial charge in [-0.25, -0.2) is 0 Å². The number of aromatic hydroxyl groups is 1. The molecule has 4 heteroatoms. The molecule has 1 N–H and O–H groups in total. The highest BCUT2D eigenvalue weighted by molar-refractivity contribution is 9.09. The molecule has 0 spiro atoms. The van der Waals surface area contributed by atoms with Crippen molar-refractivity contribution in [2.24, 2.45) is 0 Å². The van der Waals surface area contributed by atoms with Gasteiger partial charge >= 0.3 is 0 Å². The molecule has 76 valence electrons. The summed E-state index contributed by atoms with van der Waals surface area (Å²) < 4.78 is 0. The van der Waals surface area contributed by atoms with Gasteiger partial charge < -0.3 is 5.11 Å². The number of phenolic OH excluding ortho intramolecular Hbond substituents is 1. The van der Waals surface area contributed by atoms with Gasteiger partial charge in [0.05, 0.1) is 0 Å². The van der Waals surface area contributed by atoms with Crippen LogP contribution in [0.5, 0.6) is 5.75 Å². The second kappa shape index (κ2) is 4.94. The predicted molar refractivity (Wildman–Crippen MR) is 63.1 cm³/mol. The first-order valence-electron chi connectivity index (χ1n) is 4.08. The third-order valence-electron chi connectivity index (χ3n) is 1.88. The first-order valence-corrected chi connectivity index (χ1v) is 6.12. The summed E-state index contributed by atoms with van der Waals surface area (Å²) in [5.41, 5.74) is 1.65. The Labute approximate surface area is 99.6 Å². The van der Waals surface area contributed by atoms with Gasteiger partial charge in [0.15, 0.2) is 0 Å². The third-order valence-corrected chi connectivity index (χ3v) is 3.66. The number of carbonyl (C=O) groups is 1. The standard InChI is InChI=1S/C10H10Br2O2/c1-6(13)10(12)8-4-7(5-11)2-3-9(8)14/h2-4,10,14H,5H2,1H3. The molecule has 0 fully saturated rings. The second-order valence-electron chi connectivity index (χ2n) is 3.00. The SMILES string of the molecule is CC(=O)C(Br)c1cc(CBr)ccc1O. The summed E-state index contributed by atoms with van der Waals surface area (Å²) in [6.45, 7) is 1.49. The van der Waals surface area contributed by atoms with Gasteiger partial charge in [-0.3, -0.25) is 4.79 Å². The number of rotatable bonds is 3. The van der Waals surface area contributed by atoms with Crippen LogP contribution in [0.15, 0.2) is 18.2 Å². The first kappa shape index (κ1) is 11.7. The van der Waals surface area contributed by atoms with Gasteiger partial charge in [-0.2, -0.15) is 0 Å². The molecule has 0 saturated heterocycles. The number of carbonyl (C=O) groups excluding carboxylic acids is 1. The fraction of sp³-hybridized carbons (Fsp3) is 0.300. The van der Waals surface area contributed by atoms with E-state index in [1.807, 2.05) is 12.1 Å². The molecule has 0 saturated carbocycles. The van der Waals surface area contributed by atoms with Crippen molar-refractivity contribution in [3.05, 3.63) is 29.3 Å². The molecule has 0 bridgehead atoms. The summed E-state index contributed by atoms with van der Waals surface area (Å²) >= 11 is 6.56. The summed E-state index contributed by atoms with van der Waals surface area (Å²) in [6, 6.07) is 5.22. The quantitative estimate of drug-likeness (QED) is 0.867. The molecule has 0 aromatic heterocycles. The van der Waals surface area contributed by atoms with Gasteiger partial charge in [0.1, 0.15) is 16.4 Å². The largest absolute Gasteiger partial charge is 0.508 e. The Morgan fingerprint density at radius 3 is 2.71 bits per heavy atom. The van der Waals surface area contributed by atoms with Crippen molar-refractivity contribution in [1.82, 2.24) is 0 Å². The molecule has 2 nitrogen and oxygen atoms in total. The van der Waals surface area contributed by atoms with Gasteiger partial charge in [0.25, 0.3) is 0 Å². The van der Waals surface area contributed by atoms with Gasteiger partial charge in [-0.1, -0.05) is 37.9 Å². The van der Waals surface area contributed by atoms with Crippen molar-refractivity contribution in [3.8, 4) is 5.75 Å². The molecule has 0 aliphatic rings. The Kier molecular flexibility index (Phi) is 4.13. The van der Waals surface area contributed by atoms with Crippen molar-refractivity contribution in [2.75, 3.05) is 0 Å². The van der Waals surface area contributed by atoms with E-state index in [0.717, 1.165) is 5.56 Å². The summed E-state index contributed by atoms with van der Waals surface area (Å²) in [5, 5.41) is 10.3. The van der Waals surface area contributed by atoms with E-state index in [-0.39, 0.29) is 11.5 Å². The zero-order valence-corrected chi connectivity index (χ0v) is 10.8. The Bertz CT molecular complexity index is 350. The Hall–Kier alpha value is -0.350. The lowest BCUT2D eigenvalue weighted by Crippen LogP contribution is -2.01. The van der Waals surface area contributed by atoms with Crippen LogP contribution in [0.25, 0.3) is 0 Å². The minimum absolute atomic E-state index is 0.0213. The summed E-state index contributed by atoms with van der Waals surface area (Å²) in [5.74, 6) is 0.124. The molecular formula is C10H10Br2O2. The van der Waals surface area contributed by atoms with Crippen LogP contribution in [0.2, 0.25) is 0 Å². The normalized spacial score (nSPS) is 12.5. The first-order chi connectivity index (χ1) is 6.56. The Balaban J connectivity index is 3.11. The molecule has 1 aromatic carbocycles. The van der Waals surface area contributed by atoms with Crippen LogP contribution in [0, 0.1) is 0 Å². The van der Waals surface area contributed by atoms with Crippen LogP contribution in [0.4, 0.5) is 0 Å². The fourth-order valence-corrected chi connectivity index (χ4v) is 1.82. The zero-order valence-electron chi connectivity index (χ0n) is 7.63. The molecule has 1 aromatic rings. The lowest BCUT2D eigenvalue weighted by atomic mass is 10.1. The molecule has 0 aliphatic carbocycles. The summed E-state index contributed by atoms with van der Waals surface area (Å²) in [6.07, 6.45) is 0. The minimum atomic E-state index is -0.429.